The van der Waals surface area contributed by atoms with Gasteiger partial charge in [-0.05, 0) is 42.1 Å². The lowest BCUT2D eigenvalue weighted by molar-refractivity contribution is 0.317. The van der Waals surface area contributed by atoms with Gasteiger partial charge in [0.15, 0.2) is 0 Å². The highest BCUT2D eigenvalue weighted by molar-refractivity contribution is 7.89. The first-order chi connectivity index (χ1) is 16.8. The predicted octanol–water partition coefficient (Wildman–Crippen LogP) is 3.41. The minimum atomic E-state index is -3.81. The van der Waals surface area contributed by atoms with Gasteiger partial charge in [0.2, 0.25) is 10.0 Å². The normalized spacial score (nSPS) is 15.5. The van der Waals surface area contributed by atoms with Gasteiger partial charge in [0.05, 0.1) is 10.0 Å². The summed E-state index contributed by atoms with van der Waals surface area (Å²) in [6, 6.07) is 10.5. The zero-order chi connectivity index (χ0) is 24.6. The molecule has 12 heteroatoms. The van der Waals surface area contributed by atoms with E-state index >= 15 is 0 Å². The molecule has 0 aliphatic carbocycles. The summed E-state index contributed by atoms with van der Waals surface area (Å²) in [5.74, 6) is 0.810. The minimum Gasteiger partial charge on any atom is -0.366 e. The van der Waals surface area contributed by atoms with E-state index in [1.165, 1.54) is 16.4 Å². The standard InChI is InChI=1S/C23H21BCl2N6O2S/c24-17-14-29-32-21(28-13-15-3-2-8-27-12-15)11-20(30-23(17)32)16-6-9-31(10-7-16)35(33,34)22-18(25)4-1-5-19(22)26/h1-5,8,11-12,14,16,28H,6-7,9-10,13H2. The second kappa shape index (κ2) is 9.77. The van der Waals surface area contributed by atoms with Gasteiger partial charge in [-0.25, -0.2) is 13.4 Å². The number of fused-ring (bicyclic) bond motifs is 1. The van der Waals surface area contributed by atoms with E-state index in [0.29, 0.717) is 43.6 Å². The van der Waals surface area contributed by atoms with Gasteiger partial charge in [0.1, 0.15) is 24.2 Å². The molecule has 178 valence electrons. The van der Waals surface area contributed by atoms with E-state index in [-0.39, 0.29) is 20.9 Å². The summed E-state index contributed by atoms with van der Waals surface area (Å²) in [6.45, 7) is 1.21. The van der Waals surface area contributed by atoms with Crippen molar-refractivity contribution in [3.63, 3.8) is 0 Å². The van der Waals surface area contributed by atoms with Crippen molar-refractivity contribution in [1.82, 2.24) is 23.9 Å². The first-order valence-electron chi connectivity index (χ1n) is 11.1. The predicted molar refractivity (Wildman–Crippen MR) is 137 cm³/mol. The first kappa shape index (κ1) is 24.1. The van der Waals surface area contributed by atoms with Crippen LogP contribution in [0.3, 0.4) is 0 Å². The average molecular weight is 527 g/mol. The molecular weight excluding hydrogens is 506 g/mol. The number of nitrogens with one attached hydrogen (secondary N) is 1. The lowest BCUT2D eigenvalue weighted by atomic mass is 9.94. The van der Waals surface area contributed by atoms with Crippen molar-refractivity contribution in [1.29, 1.82) is 0 Å². The molecule has 5 rings (SSSR count). The Balaban J connectivity index is 1.37. The first-order valence-corrected chi connectivity index (χ1v) is 13.3. The number of halogens is 2. The Morgan fingerprint density at radius 2 is 1.83 bits per heavy atom. The number of sulfonamides is 1. The van der Waals surface area contributed by atoms with Gasteiger partial charge in [-0.15, -0.1) is 0 Å². The van der Waals surface area contributed by atoms with Crippen molar-refractivity contribution in [2.24, 2.45) is 0 Å². The number of aromatic nitrogens is 4. The average Bonchev–Trinajstić information content (AvgIpc) is 3.24. The van der Waals surface area contributed by atoms with Crippen LogP contribution < -0.4 is 10.8 Å². The molecule has 4 aromatic rings. The Kier molecular flexibility index (Phi) is 6.72. The van der Waals surface area contributed by atoms with Crippen LogP contribution >= 0.6 is 23.2 Å². The summed E-state index contributed by atoms with van der Waals surface area (Å²) in [4.78, 5) is 8.86. The molecule has 1 N–H and O–H groups in total. The maximum absolute atomic E-state index is 13.2. The molecule has 35 heavy (non-hydrogen) atoms. The number of anilines is 1. The third-order valence-electron chi connectivity index (χ3n) is 6.10. The molecule has 4 heterocycles. The Labute approximate surface area is 214 Å². The molecule has 0 saturated carbocycles. The molecule has 0 unspecified atom stereocenters. The van der Waals surface area contributed by atoms with Crippen molar-refractivity contribution in [3.05, 3.63) is 76.3 Å². The third kappa shape index (κ3) is 4.75. The monoisotopic (exact) mass is 526 g/mol. The Morgan fingerprint density at radius 1 is 1.09 bits per heavy atom. The lowest BCUT2D eigenvalue weighted by Gasteiger charge is -2.31. The molecule has 0 bridgehead atoms. The molecule has 2 radical (unpaired) electrons. The maximum Gasteiger partial charge on any atom is 0.246 e. The summed E-state index contributed by atoms with van der Waals surface area (Å²) in [6.07, 6.45) is 6.29. The highest BCUT2D eigenvalue weighted by atomic mass is 35.5. The van der Waals surface area contributed by atoms with Gasteiger partial charge >= 0.3 is 0 Å². The van der Waals surface area contributed by atoms with E-state index in [4.69, 9.17) is 36.0 Å². The van der Waals surface area contributed by atoms with Crippen LogP contribution in [0.25, 0.3) is 5.65 Å². The van der Waals surface area contributed by atoms with Crippen LogP contribution in [-0.2, 0) is 16.6 Å². The number of rotatable bonds is 6. The van der Waals surface area contributed by atoms with Gasteiger partial charge in [-0.2, -0.15) is 13.9 Å². The van der Waals surface area contributed by atoms with Crippen molar-refractivity contribution in [3.8, 4) is 0 Å². The zero-order valence-electron chi connectivity index (χ0n) is 18.6. The van der Waals surface area contributed by atoms with Gasteiger partial charge in [0, 0.05) is 55.9 Å². The quantitative estimate of drug-likeness (QED) is 0.387. The zero-order valence-corrected chi connectivity index (χ0v) is 20.9. The molecule has 8 nitrogen and oxygen atoms in total. The van der Waals surface area contributed by atoms with Crippen LogP contribution in [-0.4, -0.2) is 53.2 Å². The summed E-state index contributed by atoms with van der Waals surface area (Å²) < 4.78 is 29.6. The van der Waals surface area contributed by atoms with Crippen LogP contribution in [0, 0.1) is 0 Å². The topological polar surface area (TPSA) is 92.5 Å². The number of hydrogen-bond acceptors (Lipinski definition) is 6. The van der Waals surface area contributed by atoms with E-state index in [1.807, 2.05) is 18.2 Å². The number of pyridine rings is 1. The summed E-state index contributed by atoms with van der Waals surface area (Å²) >= 11 is 12.4. The van der Waals surface area contributed by atoms with Crippen molar-refractivity contribution < 1.29 is 8.42 Å². The molecule has 0 atom stereocenters. The lowest BCUT2D eigenvalue weighted by Crippen LogP contribution is -2.38. The fourth-order valence-electron chi connectivity index (χ4n) is 4.28. The second-order valence-electron chi connectivity index (χ2n) is 8.35. The van der Waals surface area contributed by atoms with Crippen LogP contribution in [0.4, 0.5) is 5.82 Å². The number of hydrogen-bond donors (Lipinski definition) is 1. The summed E-state index contributed by atoms with van der Waals surface area (Å²) in [7, 11) is 2.31. The number of piperidine rings is 1. The molecule has 0 amide bonds. The Morgan fingerprint density at radius 3 is 2.51 bits per heavy atom. The van der Waals surface area contributed by atoms with Gasteiger partial charge in [0.25, 0.3) is 0 Å². The molecule has 1 aliphatic rings. The highest BCUT2D eigenvalue weighted by Gasteiger charge is 2.33. The van der Waals surface area contributed by atoms with Crippen molar-refractivity contribution >= 4 is 58.0 Å². The fourth-order valence-corrected chi connectivity index (χ4v) is 6.84. The minimum absolute atomic E-state index is 0.0461. The summed E-state index contributed by atoms with van der Waals surface area (Å²) in [5, 5.41) is 7.98. The second-order valence-corrected chi connectivity index (χ2v) is 11.0. The van der Waals surface area contributed by atoms with E-state index in [1.54, 1.807) is 29.2 Å². The number of nitrogens with zero attached hydrogens (tertiary/aromatic N) is 5. The van der Waals surface area contributed by atoms with Gasteiger partial charge < -0.3 is 5.32 Å². The van der Waals surface area contributed by atoms with E-state index in [2.05, 4.69) is 15.4 Å². The maximum atomic E-state index is 13.2. The molecule has 3 aromatic heterocycles. The van der Waals surface area contributed by atoms with Gasteiger partial charge in [-0.3, -0.25) is 4.98 Å². The Hall–Kier alpha value is -2.66. The van der Waals surface area contributed by atoms with Crippen molar-refractivity contribution in [2.45, 2.75) is 30.2 Å². The Bertz CT molecular complexity index is 1450. The van der Waals surface area contributed by atoms with Crippen LogP contribution in [0.5, 0.6) is 0 Å². The van der Waals surface area contributed by atoms with Crippen molar-refractivity contribution in [2.75, 3.05) is 18.4 Å². The summed E-state index contributed by atoms with van der Waals surface area (Å²) in [5.41, 5.74) is 2.90. The molecular formula is C23H21BCl2N6O2S. The smallest absolute Gasteiger partial charge is 0.246 e. The molecule has 1 saturated heterocycles. The largest absolute Gasteiger partial charge is 0.366 e. The van der Waals surface area contributed by atoms with E-state index in [9.17, 15) is 8.42 Å². The highest BCUT2D eigenvalue weighted by Crippen LogP contribution is 2.35. The fraction of sp³-hybridized carbons (Fsp3) is 0.261. The van der Waals surface area contributed by atoms with E-state index < -0.39 is 10.0 Å². The van der Waals surface area contributed by atoms with Crippen LogP contribution in [0.1, 0.15) is 30.0 Å². The third-order valence-corrected chi connectivity index (χ3v) is 8.96. The van der Waals surface area contributed by atoms with E-state index in [0.717, 1.165) is 17.1 Å². The molecule has 1 aromatic carbocycles. The molecule has 1 aliphatic heterocycles. The van der Waals surface area contributed by atoms with Gasteiger partial charge in [-0.1, -0.05) is 35.3 Å². The molecule has 1 fully saturated rings. The van der Waals surface area contributed by atoms with Crippen LogP contribution in [0.2, 0.25) is 10.0 Å². The molecule has 0 spiro atoms. The SMILES string of the molecule is [B]c1cnn2c(NCc3cccnc3)cc(C3CCN(S(=O)(=O)c4c(Cl)cccc4Cl)CC3)nc12. The van der Waals surface area contributed by atoms with Crippen LogP contribution in [0.15, 0.2) is 59.9 Å². The number of benzene rings is 1.